The van der Waals surface area contributed by atoms with Gasteiger partial charge < -0.3 is 0 Å². The van der Waals surface area contributed by atoms with E-state index in [-0.39, 0.29) is 0 Å². The molecule has 2 aromatic carbocycles. The van der Waals surface area contributed by atoms with Crippen LogP contribution in [0.4, 0.5) is 11.4 Å². The lowest BCUT2D eigenvalue weighted by Gasteiger charge is -2.13. The third-order valence-corrected chi connectivity index (χ3v) is 9.35. The molecule has 0 aliphatic carbocycles. The summed E-state index contributed by atoms with van der Waals surface area (Å²) in [4.78, 5) is 10.6. The fourth-order valence-corrected chi connectivity index (χ4v) is 6.22. The average molecular weight is 641 g/mol. The van der Waals surface area contributed by atoms with E-state index in [1.165, 1.54) is 144 Å². The van der Waals surface area contributed by atoms with E-state index in [4.69, 9.17) is 9.98 Å². The molecule has 47 heavy (non-hydrogen) atoms. The number of nitrogens with zero attached hydrogens (tertiary/aromatic N) is 2. The Kier molecular flexibility index (Phi) is 23.8. The van der Waals surface area contributed by atoms with Crippen molar-refractivity contribution >= 4 is 22.8 Å². The molecule has 2 aromatic rings. The number of hydrogen-bond acceptors (Lipinski definition) is 2. The second kappa shape index (κ2) is 27.5. The minimum absolute atomic E-state index is 0.989. The minimum Gasteiger partial charge on any atom is -0.252 e. The SMILES string of the molecule is CCCCCCCCCC/C=C/CCCc1ccc(N=C(CCCC)C(CCCC)=Nc2ccc(CCCC)c(CCCC)c2)cc1. The van der Waals surface area contributed by atoms with Crippen LogP contribution in [0.25, 0.3) is 0 Å². The van der Waals surface area contributed by atoms with Gasteiger partial charge in [-0.05, 0) is 124 Å². The van der Waals surface area contributed by atoms with E-state index in [0.29, 0.717) is 0 Å². The van der Waals surface area contributed by atoms with Gasteiger partial charge in [-0.15, -0.1) is 0 Å². The topological polar surface area (TPSA) is 24.7 Å². The molecule has 262 valence electrons. The molecule has 0 spiro atoms. The van der Waals surface area contributed by atoms with Crippen molar-refractivity contribution in [2.24, 2.45) is 9.98 Å². The average Bonchev–Trinajstić information content (AvgIpc) is 3.09. The van der Waals surface area contributed by atoms with Crippen molar-refractivity contribution in [1.29, 1.82) is 0 Å². The van der Waals surface area contributed by atoms with Crippen molar-refractivity contribution in [1.82, 2.24) is 0 Å². The van der Waals surface area contributed by atoms with Crippen molar-refractivity contribution in [3.63, 3.8) is 0 Å². The Morgan fingerprint density at radius 1 is 0.447 bits per heavy atom. The van der Waals surface area contributed by atoms with Gasteiger partial charge in [-0.1, -0.05) is 136 Å². The standard InChI is InChI=1S/C45H72N2/c1-6-11-16-17-18-19-20-21-22-23-24-25-26-27-39-32-35-42(36-33-39)46-44(30-14-9-4)45(31-15-10-5)47-43-37-34-40(28-12-7-2)41(38-43)29-13-8-3/h23-24,32-38H,6-22,25-31H2,1-5H3/b24-23+,46-44?,47-45?. The first kappa shape index (κ1) is 40.7. The summed E-state index contributed by atoms with van der Waals surface area (Å²) in [5.74, 6) is 0. The van der Waals surface area contributed by atoms with Gasteiger partial charge in [0.05, 0.1) is 22.8 Å². The van der Waals surface area contributed by atoms with Gasteiger partial charge in [0, 0.05) is 0 Å². The van der Waals surface area contributed by atoms with Gasteiger partial charge in [0.25, 0.3) is 0 Å². The van der Waals surface area contributed by atoms with Crippen molar-refractivity contribution in [2.45, 2.75) is 189 Å². The predicted molar refractivity (Wildman–Crippen MR) is 213 cm³/mol. The van der Waals surface area contributed by atoms with Gasteiger partial charge in [-0.3, -0.25) is 9.98 Å². The summed E-state index contributed by atoms with van der Waals surface area (Å²) >= 11 is 0. The summed E-state index contributed by atoms with van der Waals surface area (Å²) in [5.41, 5.74) is 8.97. The van der Waals surface area contributed by atoms with Crippen LogP contribution in [0.15, 0.2) is 64.6 Å². The number of unbranched alkanes of at least 4 members (excludes halogenated alkanes) is 13. The molecule has 0 fully saturated rings. The summed E-state index contributed by atoms with van der Waals surface area (Å²) in [6.07, 6.45) is 34.7. The maximum absolute atomic E-state index is 5.33. The van der Waals surface area contributed by atoms with Crippen LogP contribution < -0.4 is 0 Å². The lowest BCUT2D eigenvalue weighted by atomic mass is 9.97. The molecule has 0 aliphatic heterocycles. The van der Waals surface area contributed by atoms with E-state index in [9.17, 15) is 0 Å². The van der Waals surface area contributed by atoms with Crippen LogP contribution in [0.2, 0.25) is 0 Å². The summed E-state index contributed by atoms with van der Waals surface area (Å²) in [5, 5.41) is 0. The maximum Gasteiger partial charge on any atom is 0.0636 e. The highest BCUT2D eigenvalue weighted by Gasteiger charge is 2.12. The van der Waals surface area contributed by atoms with E-state index < -0.39 is 0 Å². The van der Waals surface area contributed by atoms with Gasteiger partial charge in [0.15, 0.2) is 0 Å². The zero-order valence-corrected chi connectivity index (χ0v) is 31.6. The number of benzene rings is 2. The van der Waals surface area contributed by atoms with Crippen molar-refractivity contribution in [3.05, 3.63) is 71.3 Å². The molecule has 0 unspecified atom stereocenters. The van der Waals surface area contributed by atoms with Crippen LogP contribution in [-0.4, -0.2) is 11.4 Å². The molecule has 0 saturated carbocycles. The Morgan fingerprint density at radius 3 is 1.53 bits per heavy atom. The Balaban J connectivity index is 2.03. The highest BCUT2D eigenvalue weighted by molar-refractivity contribution is 6.43. The molecule has 2 rings (SSSR count). The van der Waals surface area contributed by atoms with E-state index in [2.05, 4.69) is 89.2 Å². The van der Waals surface area contributed by atoms with Gasteiger partial charge in [-0.2, -0.15) is 0 Å². The Morgan fingerprint density at radius 2 is 0.936 bits per heavy atom. The molecular weight excluding hydrogens is 569 g/mol. The number of aliphatic imine (C=N–C) groups is 2. The van der Waals surface area contributed by atoms with Crippen LogP contribution in [0.1, 0.15) is 186 Å². The molecule has 0 saturated heterocycles. The lowest BCUT2D eigenvalue weighted by molar-refractivity contribution is 0.577. The van der Waals surface area contributed by atoms with Gasteiger partial charge >= 0.3 is 0 Å². The lowest BCUT2D eigenvalue weighted by Crippen LogP contribution is -2.14. The molecule has 2 heteroatoms. The first-order valence-corrected chi connectivity index (χ1v) is 20.2. The number of rotatable bonds is 28. The third kappa shape index (κ3) is 18.6. The van der Waals surface area contributed by atoms with Gasteiger partial charge in [0.2, 0.25) is 0 Å². The zero-order chi connectivity index (χ0) is 33.8. The second-order valence-electron chi connectivity index (χ2n) is 13.8. The van der Waals surface area contributed by atoms with Gasteiger partial charge in [-0.25, -0.2) is 0 Å². The molecule has 0 aliphatic rings. The Hall–Kier alpha value is -2.48. The number of hydrogen-bond donors (Lipinski definition) is 0. The Labute approximate surface area is 292 Å². The zero-order valence-electron chi connectivity index (χ0n) is 31.6. The fraction of sp³-hybridized carbons (Fsp3) is 0.644. The molecule has 0 atom stereocenters. The highest BCUT2D eigenvalue weighted by Crippen LogP contribution is 2.25. The first-order chi connectivity index (χ1) is 23.1. The number of allylic oxidation sites excluding steroid dienone is 2. The largest absolute Gasteiger partial charge is 0.252 e. The van der Waals surface area contributed by atoms with E-state index >= 15 is 0 Å². The van der Waals surface area contributed by atoms with Crippen LogP contribution >= 0.6 is 0 Å². The van der Waals surface area contributed by atoms with E-state index in [1.807, 2.05) is 0 Å². The number of aryl methyl sites for hydroxylation is 3. The normalized spacial score (nSPS) is 12.4. The molecule has 0 heterocycles. The van der Waals surface area contributed by atoms with E-state index in [0.717, 1.165) is 49.9 Å². The molecule has 0 N–H and O–H groups in total. The molecule has 0 amide bonds. The van der Waals surface area contributed by atoms with Crippen molar-refractivity contribution in [3.8, 4) is 0 Å². The molecule has 0 radical (unpaired) electrons. The molecule has 0 aromatic heterocycles. The summed E-state index contributed by atoms with van der Waals surface area (Å²) in [6.45, 7) is 11.4. The third-order valence-electron chi connectivity index (χ3n) is 9.35. The summed E-state index contributed by atoms with van der Waals surface area (Å²) < 4.78 is 0. The molecular formula is C45H72N2. The van der Waals surface area contributed by atoms with Crippen LogP contribution in [0.3, 0.4) is 0 Å². The predicted octanol–water partition coefficient (Wildman–Crippen LogP) is 15.0. The van der Waals surface area contributed by atoms with Gasteiger partial charge in [0.1, 0.15) is 0 Å². The smallest absolute Gasteiger partial charge is 0.0636 e. The Bertz CT molecular complexity index is 1140. The maximum atomic E-state index is 5.33. The van der Waals surface area contributed by atoms with Crippen LogP contribution in [0, 0.1) is 0 Å². The van der Waals surface area contributed by atoms with E-state index in [1.54, 1.807) is 0 Å². The van der Waals surface area contributed by atoms with Crippen molar-refractivity contribution < 1.29 is 0 Å². The van der Waals surface area contributed by atoms with Crippen LogP contribution in [-0.2, 0) is 19.3 Å². The quantitative estimate of drug-likeness (QED) is 0.0502. The highest BCUT2D eigenvalue weighted by atomic mass is 14.8. The first-order valence-electron chi connectivity index (χ1n) is 20.2. The summed E-state index contributed by atoms with van der Waals surface area (Å²) in [7, 11) is 0. The molecule has 2 nitrogen and oxygen atoms in total. The second-order valence-corrected chi connectivity index (χ2v) is 13.8. The minimum atomic E-state index is 0.989. The summed E-state index contributed by atoms with van der Waals surface area (Å²) in [6, 6.07) is 16.0. The molecule has 0 bridgehead atoms. The monoisotopic (exact) mass is 641 g/mol. The fourth-order valence-electron chi connectivity index (χ4n) is 6.22. The van der Waals surface area contributed by atoms with Crippen LogP contribution in [0.5, 0.6) is 0 Å². The van der Waals surface area contributed by atoms with Crippen molar-refractivity contribution in [2.75, 3.05) is 0 Å².